The van der Waals surface area contributed by atoms with Crippen LogP contribution in [0.25, 0.3) is 71.7 Å². The molecule has 6 aromatic carbocycles. The van der Waals surface area contributed by atoms with Gasteiger partial charge in [-0.25, -0.2) is 0 Å². The lowest BCUT2D eigenvalue weighted by Gasteiger charge is -2.19. The van der Waals surface area contributed by atoms with Gasteiger partial charge in [-0.3, -0.25) is 0 Å². The van der Waals surface area contributed by atoms with Gasteiger partial charge in [0.2, 0.25) is 0 Å². The van der Waals surface area contributed by atoms with Gasteiger partial charge in [-0.15, -0.1) is 0 Å². The second-order valence-corrected chi connectivity index (χ2v) is 12.7. The molecular formula is C41H33NO. The molecule has 0 unspecified atom stereocenters. The molecule has 0 aliphatic heterocycles. The summed E-state index contributed by atoms with van der Waals surface area (Å²) in [6.45, 7) is 9.04. The first-order chi connectivity index (χ1) is 20.8. The maximum Gasteiger partial charge on any atom is 0.135 e. The second kappa shape index (κ2) is 9.47. The van der Waals surface area contributed by atoms with Crippen molar-refractivity contribution in [2.45, 2.75) is 33.1 Å². The minimum Gasteiger partial charge on any atom is -0.456 e. The number of hydrogen-bond donors (Lipinski definition) is 0. The molecule has 0 saturated heterocycles. The first-order valence-corrected chi connectivity index (χ1v) is 15.0. The van der Waals surface area contributed by atoms with Gasteiger partial charge in [-0.05, 0) is 89.2 Å². The molecule has 0 radical (unpaired) electrons. The SMILES string of the molecule is Cc1ccc2c(c1)c1cc(C(C)(C)C)ccc1n2-c1ccccc1-c1cccc(-c2ccc3oc4ccccc4c3c2)c1. The summed E-state index contributed by atoms with van der Waals surface area (Å²) in [7, 11) is 0. The van der Waals surface area contributed by atoms with E-state index in [1.807, 2.05) is 12.1 Å². The molecule has 43 heavy (non-hydrogen) atoms. The third kappa shape index (κ3) is 4.17. The van der Waals surface area contributed by atoms with Crippen molar-refractivity contribution in [2.75, 3.05) is 0 Å². The molecule has 0 aliphatic rings. The predicted octanol–water partition coefficient (Wildman–Crippen LogP) is 11.6. The van der Waals surface area contributed by atoms with E-state index in [-0.39, 0.29) is 5.41 Å². The summed E-state index contributed by atoms with van der Waals surface area (Å²) >= 11 is 0. The Bertz CT molecular complexity index is 2340. The van der Waals surface area contributed by atoms with E-state index in [2.05, 4.69) is 148 Å². The van der Waals surface area contributed by atoms with Gasteiger partial charge < -0.3 is 8.98 Å². The smallest absolute Gasteiger partial charge is 0.135 e. The lowest BCUT2D eigenvalue weighted by Crippen LogP contribution is -2.10. The molecule has 2 nitrogen and oxygen atoms in total. The molecule has 0 atom stereocenters. The first kappa shape index (κ1) is 25.6. The summed E-state index contributed by atoms with van der Waals surface area (Å²) in [6, 6.07) is 46.3. The van der Waals surface area contributed by atoms with Crippen LogP contribution >= 0.6 is 0 Å². The van der Waals surface area contributed by atoms with Gasteiger partial charge in [0.15, 0.2) is 0 Å². The van der Waals surface area contributed by atoms with Crippen molar-refractivity contribution in [2.24, 2.45) is 0 Å². The van der Waals surface area contributed by atoms with Crippen LogP contribution < -0.4 is 0 Å². The molecule has 0 N–H and O–H groups in total. The lowest BCUT2D eigenvalue weighted by molar-refractivity contribution is 0.591. The molecule has 2 aromatic heterocycles. The number of nitrogens with zero attached hydrogens (tertiary/aromatic N) is 1. The van der Waals surface area contributed by atoms with E-state index in [9.17, 15) is 0 Å². The van der Waals surface area contributed by atoms with Crippen LogP contribution in [0, 0.1) is 6.92 Å². The highest BCUT2D eigenvalue weighted by atomic mass is 16.3. The average molecular weight is 556 g/mol. The zero-order valence-corrected chi connectivity index (χ0v) is 25.0. The molecule has 8 aromatic rings. The Morgan fingerprint density at radius 1 is 0.512 bits per heavy atom. The van der Waals surface area contributed by atoms with Crippen molar-refractivity contribution in [1.29, 1.82) is 0 Å². The minimum absolute atomic E-state index is 0.0799. The predicted molar refractivity (Wildman–Crippen MR) is 182 cm³/mol. The minimum atomic E-state index is 0.0799. The Hall–Kier alpha value is -5.08. The molecule has 0 spiro atoms. The number of furan rings is 1. The molecule has 2 heterocycles. The molecule has 8 rings (SSSR count). The maximum absolute atomic E-state index is 6.09. The van der Waals surface area contributed by atoms with Gasteiger partial charge >= 0.3 is 0 Å². The molecule has 0 saturated carbocycles. The highest BCUT2D eigenvalue weighted by Crippen LogP contribution is 2.39. The average Bonchev–Trinajstić information content (AvgIpc) is 3.55. The van der Waals surface area contributed by atoms with Gasteiger partial charge in [-0.2, -0.15) is 0 Å². The highest BCUT2D eigenvalue weighted by molar-refractivity contribution is 6.10. The Labute approximate surface area is 251 Å². The fourth-order valence-electron chi connectivity index (χ4n) is 6.55. The van der Waals surface area contributed by atoms with Crippen LogP contribution in [0.4, 0.5) is 0 Å². The van der Waals surface area contributed by atoms with Crippen LogP contribution in [-0.2, 0) is 5.41 Å². The summed E-state index contributed by atoms with van der Waals surface area (Å²) in [5.74, 6) is 0. The largest absolute Gasteiger partial charge is 0.456 e. The van der Waals surface area contributed by atoms with E-state index in [0.29, 0.717) is 0 Å². The Morgan fingerprint density at radius 3 is 2.07 bits per heavy atom. The maximum atomic E-state index is 6.09. The van der Waals surface area contributed by atoms with Crippen LogP contribution in [0.15, 0.2) is 132 Å². The highest BCUT2D eigenvalue weighted by Gasteiger charge is 2.20. The van der Waals surface area contributed by atoms with Crippen molar-refractivity contribution < 1.29 is 4.42 Å². The van der Waals surface area contributed by atoms with E-state index in [4.69, 9.17) is 4.42 Å². The van der Waals surface area contributed by atoms with Gasteiger partial charge in [0, 0.05) is 27.1 Å². The van der Waals surface area contributed by atoms with E-state index in [1.165, 1.54) is 60.9 Å². The van der Waals surface area contributed by atoms with E-state index in [0.717, 1.165) is 21.9 Å². The van der Waals surface area contributed by atoms with E-state index < -0.39 is 0 Å². The van der Waals surface area contributed by atoms with E-state index >= 15 is 0 Å². The lowest BCUT2D eigenvalue weighted by atomic mass is 9.86. The van der Waals surface area contributed by atoms with Crippen molar-refractivity contribution in [3.63, 3.8) is 0 Å². The summed E-state index contributed by atoms with van der Waals surface area (Å²) < 4.78 is 8.54. The topological polar surface area (TPSA) is 18.1 Å². The number of fused-ring (bicyclic) bond motifs is 6. The zero-order valence-electron chi connectivity index (χ0n) is 25.0. The van der Waals surface area contributed by atoms with Crippen molar-refractivity contribution in [1.82, 2.24) is 4.57 Å². The van der Waals surface area contributed by atoms with E-state index in [1.54, 1.807) is 0 Å². The van der Waals surface area contributed by atoms with Crippen LogP contribution in [0.2, 0.25) is 0 Å². The summed E-state index contributed by atoms with van der Waals surface area (Å²) in [4.78, 5) is 0. The number of aryl methyl sites for hydroxylation is 1. The van der Waals surface area contributed by atoms with Crippen molar-refractivity contribution in [3.05, 3.63) is 139 Å². The summed E-state index contributed by atoms with van der Waals surface area (Å²) in [5.41, 5.74) is 13.0. The van der Waals surface area contributed by atoms with Crippen molar-refractivity contribution >= 4 is 43.7 Å². The van der Waals surface area contributed by atoms with Crippen LogP contribution in [0.5, 0.6) is 0 Å². The number of hydrogen-bond acceptors (Lipinski definition) is 1. The van der Waals surface area contributed by atoms with Gasteiger partial charge in [0.25, 0.3) is 0 Å². The molecule has 208 valence electrons. The normalized spacial score (nSPS) is 12.2. The molecular weight excluding hydrogens is 522 g/mol. The zero-order chi connectivity index (χ0) is 29.3. The third-order valence-corrected chi connectivity index (χ3v) is 8.82. The number of para-hydroxylation sites is 2. The quantitative estimate of drug-likeness (QED) is 0.212. The van der Waals surface area contributed by atoms with Crippen LogP contribution in [-0.4, -0.2) is 4.57 Å². The fraction of sp³-hybridized carbons (Fsp3) is 0.122. The van der Waals surface area contributed by atoms with Gasteiger partial charge in [0.1, 0.15) is 11.2 Å². The van der Waals surface area contributed by atoms with Crippen molar-refractivity contribution in [3.8, 4) is 27.9 Å². The first-order valence-electron chi connectivity index (χ1n) is 15.0. The van der Waals surface area contributed by atoms with Gasteiger partial charge in [-0.1, -0.05) is 99.1 Å². The third-order valence-electron chi connectivity index (χ3n) is 8.82. The Morgan fingerprint density at radius 2 is 1.21 bits per heavy atom. The van der Waals surface area contributed by atoms with Crippen LogP contribution in [0.1, 0.15) is 31.9 Å². The van der Waals surface area contributed by atoms with Crippen LogP contribution in [0.3, 0.4) is 0 Å². The number of rotatable bonds is 3. The second-order valence-electron chi connectivity index (χ2n) is 12.7. The monoisotopic (exact) mass is 555 g/mol. The Kier molecular flexibility index (Phi) is 5.64. The number of aromatic nitrogens is 1. The number of benzene rings is 6. The molecule has 0 amide bonds. The standard InChI is InChI=1S/C41H33NO/c1-26-16-19-37-33(22-26)34-25-30(41(2,3)4)18-20-38(34)42(37)36-14-7-5-12-31(36)29-11-9-10-27(23-29)28-17-21-40-35(24-28)32-13-6-8-15-39(32)43-40/h5-25H,1-4H3. The fourth-order valence-corrected chi connectivity index (χ4v) is 6.55. The molecule has 0 bridgehead atoms. The molecule has 2 heteroatoms. The molecule has 0 fully saturated rings. The Balaban J connectivity index is 1.32. The summed E-state index contributed by atoms with van der Waals surface area (Å²) in [6.07, 6.45) is 0. The van der Waals surface area contributed by atoms with Gasteiger partial charge in [0.05, 0.1) is 16.7 Å². The molecule has 0 aliphatic carbocycles. The summed E-state index contributed by atoms with van der Waals surface area (Å²) in [5, 5.41) is 4.90.